The first-order chi connectivity index (χ1) is 9.52. The molecule has 20 heavy (non-hydrogen) atoms. The fraction of sp³-hybridized carbons (Fsp3) is 0.200. The molecular weight excluding hydrogens is 455 g/mol. The second-order valence-corrected chi connectivity index (χ2v) is 6.77. The van der Waals surface area contributed by atoms with E-state index in [0.29, 0.717) is 6.61 Å². The van der Waals surface area contributed by atoms with E-state index in [1.165, 1.54) is 12.1 Å². The van der Waals surface area contributed by atoms with E-state index in [1.807, 2.05) is 25.1 Å². The summed E-state index contributed by atoms with van der Waals surface area (Å²) in [6.07, 6.45) is 0. The van der Waals surface area contributed by atoms with Gasteiger partial charge in [-0.05, 0) is 42.3 Å². The van der Waals surface area contributed by atoms with Crippen LogP contribution in [0, 0.1) is 5.82 Å². The fourth-order valence-electron chi connectivity index (χ4n) is 1.84. The van der Waals surface area contributed by atoms with E-state index in [2.05, 4.69) is 47.8 Å². The van der Waals surface area contributed by atoms with Crippen LogP contribution in [0.1, 0.15) is 22.9 Å². The minimum Gasteiger partial charge on any atom is -0.494 e. The number of alkyl halides is 1. The summed E-state index contributed by atoms with van der Waals surface area (Å²) in [4.78, 5) is -0.0393. The van der Waals surface area contributed by atoms with Crippen molar-refractivity contribution in [3.8, 4) is 5.75 Å². The molecule has 5 heteroatoms. The third-order valence-electron chi connectivity index (χ3n) is 2.79. The van der Waals surface area contributed by atoms with Crippen LogP contribution in [0.2, 0.25) is 0 Å². The van der Waals surface area contributed by atoms with Crippen molar-refractivity contribution in [2.75, 3.05) is 6.61 Å². The Morgan fingerprint density at radius 3 is 2.20 bits per heavy atom. The van der Waals surface area contributed by atoms with E-state index in [4.69, 9.17) is 4.74 Å². The van der Waals surface area contributed by atoms with Gasteiger partial charge in [-0.1, -0.05) is 59.9 Å². The van der Waals surface area contributed by atoms with Crippen molar-refractivity contribution in [1.29, 1.82) is 0 Å². The van der Waals surface area contributed by atoms with Gasteiger partial charge >= 0.3 is 0 Å². The van der Waals surface area contributed by atoms with Crippen molar-refractivity contribution in [2.24, 2.45) is 0 Å². The number of hydrogen-bond donors (Lipinski definition) is 0. The molecule has 0 fully saturated rings. The van der Waals surface area contributed by atoms with Crippen LogP contribution in [0.25, 0.3) is 0 Å². The molecule has 1 nitrogen and oxygen atoms in total. The maximum Gasteiger partial charge on any atom is 0.124 e. The third kappa shape index (κ3) is 3.62. The first kappa shape index (κ1) is 16.0. The summed E-state index contributed by atoms with van der Waals surface area (Å²) in [6, 6.07) is 10.5. The van der Waals surface area contributed by atoms with Crippen molar-refractivity contribution < 1.29 is 9.13 Å². The maximum atomic E-state index is 13.2. The molecule has 0 aliphatic heterocycles. The van der Waals surface area contributed by atoms with Gasteiger partial charge < -0.3 is 4.74 Å². The van der Waals surface area contributed by atoms with Crippen LogP contribution < -0.4 is 4.74 Å². The van der Waals surface area contributed by atoms with E-state index in [-0.39, 0.29) is 10.6 Å². The molecule has 0 saturated heterocycles. The van der Waals surface area contributed by atoms with Gasteiger partial charge in [0, 0.05) is 8.95 Å². The molecule has 2 aromatic rings. The van der Waals surface area contributed by atoms with Crippen LogP contribution in [0.3, 0.4) is 0 Å². The van der Waals surface area contributed by atoms with Crippen LogP contribution in [-0.4, -0.2) is 6.61 Å². The van der Waals surface area contributed by atoms with Gasteiger partial charge in [-0.25, -0.2) is 4.39 Å². The summed E-state index contributed by atoms with van der Waals surface area (Å²) in [5, 5.41) is 0. The lowest BCUT2D eigenvalue weighted by molar-refractivity contribution is 0.340. The lowest BCUT2D eigenvalue weighted by Gasteiger charge is -2.15. The standard InChI is InChI=1S/C15H12Br3FO/c1-2-20-10-4-6-12(14(17)8-10)15(18)11-5-3-9(19)7-13(11)16/h3-8,15H,2H2,1H3. The molecule has 1 unspecified atom stereocenters. The zero-order valence-corrected chi connectivity index (χ0v) is 15.4. The maximum absolute atomic E-state index is 13.2. The highest BCUT2D eigenvalue weighted by molar-refractivity contribution is 9.11. The van der Waals surface area contributed by atoms with Gasteiger partial charge in [-0.2, -0.15) is 0 Å². The molecule has 2 aromatic carbocycles. The summed E-state index contributed by atoms with van der Waals surface area (Å²) in [5.41, 5.74) is 2.03. The molecule has 106 valence electrons. The van der Waals surface area contributed by atoms with Crippen LogP contribution in [0.15, 0.2) is 45.3 Å². The van der Waals surface area contributed by atoms with Crippen LogP contribution >= 0.6 is 47.8 Å². The van der Waals surface area contributed by atoms with Gasteiger partial charge in [0.05, 0.1) is 11.4 Å². The van der Waals surface area contributed by atoms with E-state index in [0.717, 1.165) is 25.8 Å². The van der Waals surface area contributed by atoms with Gasteiger partial charge in [0.2, 0.25) is 0 Å². The van der Waals surface area contributed by atoms with Gasteiger partial charge in [0.1, 0.15) is 11.6 Å². The van der Waals surface area contributed by atoms with Crippen molar-refractivity contribution >= 4 is 47.8 Å². The number of rotatable bonds is 4. The van der Waals surface area contributed by atoms with Crippen LogP contribution in [-0.2, 0) is 0 Å². The van der Waals surface area contributed by atoms with Crippen molar-refractivity contribution in [2.45, 2.75) is 11.8 Å². The summed E-state index contributed by atoms with van der Waals surface area (Å²) in [6.45, 7) is 2.58. The highest BCUT2D eigenvalue weighted by Crippen LogP contribution is 2.39. The second kappa shape index (κ2) is 7.05. The molecule has 0 aromatic heterocycles. The quantitative estimate of drug-likeness (QED) is 0.485. The predicted molar refractivity (Wildman–Crippen MR) is 90.2 cm³/mol. The van der Waals surface area contributed by atoms with Crippen molar-refractivity contribution in [3.63, 3.8) is 0 Å². The average molecular weight is 467 g/mol. The highest BCUT2D eigenvalue weighted by Gasteiger charge is 2.17. The summed E-state index contributed by atoms with van der Waals surface area (Å²) >= 11 is 10.6. The Morgan fingerprint density at radius 2 is 1.65 bits per heavy atom. The van der Waals surface area contributed by atoms with Gasteiger partial charge in [0.15, 0.2) is 0 Å². The Morgan fingerprint density at radius 1 is 1.05 bits per heavy atom. The molecule has 0 N–H and O–H groups in total. The first-order valence-corrected chi connectivity index (χ1v) is 8.54. The zero-order valence-electron chi connectivity index (χ0n) is 10.7. The van der Waals surface area contributed by atoms with Gasteiger partial charge in [-0.15, -0.1) is 0 Å². The summed E-state index contributed by atoms with van der Waals surface area (Å²) in [5.74, 6) is 0.562. The highest BCUT2D eigenvalue weighted by atomic mass is 79.9. The summed E-state index contributed by atoms with van der Waals surface area (Å²) in [7, 11) is 0. The minimum absolute atomic E-state index is 0.0393. The summed E-state index contributed by atoms with van der Waals surface area (Å²) < 4.78 is 20.3. The van der Waals surface area contributed by atoms with E-state index in [9.17, 15) is 4.39 Å². The average Bonchev–Trinajstić information content (AvgIpc) is 2.38. The SMILES string of the molecule is CCOc1ccc(C(Br)c2ccc(F)cc2Br)c(Br)c1. The van der Waals surface area contributed by atoms with Gasteiger partial charge in [-0.3, -0.25) is 0 Å². The van der Waals surface area contributed by atoms with E-state index in [1.54, 1.807) is 6.07 Å². The molecule has 0 radical (unpaired) electrons. The van der Waals surface area contributed by atoms with Crippen molar-refractivity contribution in [3.05, 3.63) is 62.3 Å². The molecule has 0 amide bonds. The molecule has 0 heterocycles. The van der Waals surface area contributed by atoms with E-state index >= 15 is 0 Å². The minimum atomic E-state index is -0.258. The van der Waals surface area contributed by atoms with Crippen LogP contribution in [0.4, 0.5) is 4.39 Å². The van der Waals surface area contributed by atoms with Gasteiger partial charge in [0.25, 0.3) is 0 Å². The third-order valence-corrected chi connectivity index (χ3v) is 5.15. The lowest BCUT2D eigenvalue weighted by Crippen LogP contribution is -1.97. The van der Waals surface area contributed by atoms with Crippen LogP contribution in [0.5, 0.6) is 5.75 Å². The molecule has 0 saturated carbocycles. The molecule has 0 bridgehead atoms. The molecule has 2 rings (SSSR count). The molecular formula is C15H12Br3FO. The Balaban J connectivity index is 2.35. The fourth-order valence-corrected chi connectivity index (χ4v) is 4.42. The molecule has 0 aliphatic rings. The number of halogens is 4. The predicted octanol–water partition coefficient (Wildman–Crippen LogP) is 6.23. The normalized spacial score (nSPS) is 12.2. The second-order valence-electron chi connectivity index (χ2n) is 4.14. The smallest absolute Gasteiger partial charge is 0.124 e. The Bertz CT molecular complexity index is 616. The first-order valence-electron chi connectivity index (χ1n) is 6.04. The Kier molecular flexibility index (Phi) is 5.64. The monoisotopic (exact) mass is 464 g/mol. The molecule has 1 atom stereocenters. The number of hydrogen-bond acceptors (Lipinski definition) is 1. The Labute approximate surface area is 142 Å². The van der Waals surface area contributed by atoms with Crippen molar-refractivity contribution in [1.82, 2.24) is 0 Å². The number of ether oxygens (including phenoxy) is 1. The number of benzene rings is 2. The van der Waals surface area contributed by atoms with E-state index < -0.39 is 0 Å². The topological polar surface area (TPSA) is 9.23 Å². The molecule has 0 aliphatic carbocycles. The largest absolute Gasteiger partial charge is 0.494 e. The lowest BCUT2D eigenvalue weighted by atomic mass is 10.0. The zero-order chi connectivity index (χ0) is 14.7. The Hall–Kier alpha value is -0.390. The molecule has 0 spiro atoms.